The molecule has 0 spiro atoms. The van der Waals surface area contributed by atoms with Gasteiger partial charge in [-0.05, 0) is 57.7 Å². The molecular weight excluding hydrogens is 377 g/mol. The molecule has 29 heavy (non-hydrogen) atoms. The lowest BCUT2D eigenvalue weighted by Gasteiger charge is -2.28. The van der Waals surface area contributed by atoms with Crippen LogP contribution in [0.15, 0.2) is 30.6 Å². The highest BCUT2D eigenvalue weighted by Gasteiger charge is 2.25. The average Bonchev–Trinajstić information content (AvgIpc) is 2.73. The Morgan fingerprint density at radius 3 is 2.38 bits per heavy atom. The second kappa shape index (κ2) is 10.0. The van der Waals surface area contributed by atoms with Gasteiger partial charge < -0.3 is 19.5 Å². The third-order valence-corrected chi connectivity index (χ3v) is 4.68. The van der Waals surface area contributed by atoms with Crippen molar-refractivity contribution in [2.45, 2.75) is 51.7 Å². The van der Waals surface area contributed by atoms with E-state index in [0.29, 0.717) is 30.3 Å². The lowest BCUT2D eigenvalue weighted by atomic mass is 9.92. The van der Waals surface area contributed by atoms with Gasteiger partial charge in [-0.25, -0.2) is 14.4 Å². The number of ether oxygens (including phenoxy) is 3. The zero-order valence-corrected chi connectivity index (χ0v) is 16.7. The molecule has 1 fully saturated rings. The van der Waals surface area contributed by atoms with E-state index in [0.717, 1.165) is 38.1 Å². The normalized spacial score (nSPS) is 18.7. The molecule has 1 heterocycles. The van der Waals surface area contributed by atoms with Crippen molar-refractivity contribution in [2.24, 2.45) is 0 Å². The van der Waals surface area contributed by atoms with Gasteiger partial charge >= 0.3 is 6.01 Å². The van der Waals surface area contributed by atoms with E-state index in [1.54, 1.807) is 18.2 Å². The standard InChI is InChI=1S/C21H26FN3O4/c1-3-27-18-10-5-14(11-19(18)28-4-2)20(26)25-16-6-8-17(9-7-16)29-21-23-12-15(22)13-24-21/h5,10-13,16-17H,3-4,6-9H2,1-2H3,(H,25,26). The van der Waals surface area contributed by atoms with E-state index in [9.17, 15) is 9.18 Å². The highest BCUT2D eigenvalue weighted by atomic mass is 19.1. The predicted molar refractivity (Wildman–Crippen MR) is 105 cm³/mol. The molecule has 1 saturated carbocycles. The number of nitrogens with zero attached hydrogens (tertiary/aromatic N) is 2. The molecule has 3 rings (SSSR count). The number of rotatable bonds is 8. The van der Waals surface area contributed by atoms with Crippen molar-refractivity contribution in [3.8, 4) is 17.5 Å². The Morgan fingerprint density at radius 1 is 1.07 bits per heavy atom. The van der Waals surface area contributed by atoms with Crippen LogP contribution >= 0.6 is 0 Å². The van der Waals surface area contributed by atoms with Crippen LogP contribution in [0.5, 0.6) is 17.5 Å². The van der Waals surface area contributed by atoms with Crippen LogP contribution in [0.2, 0.25) is 0 Å². The second-order valence-corrected chi connectivity index (χ2v) is 6.78. The number of hydrogen-bond donors (Lipinski definition) is 1. The quantitative estimate of drug-likeness (QED) is 0.726. The van der Waals surface area contributed by atoms with Crippen LogP contribution in [0.25, 0.3) is 0 Å². The average molecular weight is 403 g/mol. The molecule has 156 valence electrons. The van der Waals surface area contributed by atoms with Crippen LogP contribution in [-0.2, 0) is 0 Å². The number of carbonyl (C=O) groups is 1. The fourth-order valence-corrected chi connectivity index (χ4v) is 3.30. The molecule has 1 aromatic carbocycles. The van der Waals surface area contributed by atoms with Gasteiger partial charge in [0.05, 0.1) is 25.6 Å². The molecule has 0 bridgehead atoms. The largest absolute Gasteiger partial charge is 0.490 e. The first-order valence-corrected chi connectivity index (χ1v) is 9.93. The summed E-state index contributed by atoms with van der Waals surface area (Å²) in [5.74, 6) is 0.566. The summed E-state index contributed by atoms with van der Waals surface area (Å²) in [7, 11) is 0. The van der Waals surface area contributed by atoms with E-state index in [-0.39, 0.29) is 24.1 Å². The van der Waals surface area contributed by atoms with E-state index in [2.05, 4.69) is 15.3 Å². The zero-order valence-electron chi connectivity index (χ0n) is 16.7. The third-order valence-electron chi connectivity index (χ3n) is 4.68. The van der Waals surface area contributed by atoms with Gasteiger partial charge in [0.15, 0.2) is 17.3 Å². The molecule has 0 atom stereocenters. The van der Waals surface area contributed by atoms with Gasteiger partial charge in [0.25, 0.3) is 5.91 Å². The highest BCUT2D eigenvalue weighted by Crippen LogP contribution is 2.29. The minimum atomic E-state index is -0.495. The molecule has 0 aliphatic heterocycles. The van der Waals surface area contributed by atoms with Crippen molar-refractivity contribution in [2.75, 3.05) is 13.2 Å². The van der Waals surface area contributed by atoms with Gasteiger partial charge in [-0.3, -0.25) is 4.79 Å². The van der Waals surface area contributed by atoms with E-state index in [1.165, 1.54) is 0 Å². The summed E-state index contributed by atoms with van der Waals surface area (Å²) < 4.78 is 29.7. The summed E-state index contributed by atoms with van der Waals surface area (Å²) >= 11 is 0. The van der Waals surface area contributed by atoms with Crippen molar-refractivity contribution >= 4 is 5.91 Å². The molecule has 0 radical (unpaired) electrons. The van der Waals surface area contributed by atoms with Crippen LogP contribution in [0.3, 0.4) is 0 Å². The van der Waals surface area contributed by atoms with E-state index >= 15 is 0 Å². The minimum Gasteiger partial charge on any atom is -0.490 e. The number of halogens is 1. The Kier molecular flexibility index (Phi) is 7.21. The molecule has 1 amide bonds. The molecule has 0 unspecified atom stereocenters. The molecule has 2 aromatic rings. The summed E-state index contributed by atoms with van der Waals surface area (Å²) in [6.45, 7) is 4.81. The van der Waals surface area contributed by atoms with Crippen molar-refractivity contribution in [3.63, 3.8) is 0 Å². The number of aromatic nitrogens is 2. The van der Waals surface area contributed by atoms with Crippen LogP contribution in [0.4, 0.5) is 4.39 Å². The zero-order chi connectivity index (χ0) is 20.6. The van der Waals surface area contributed by atoms with Crippen molar-refractivity contribution < 1.29 is 23.4 Å². The molecule has 7 nitrogen and oxygen atoms in total. The van der Waals surface area contributed by atoms with Crippen LogP contribution < -0.4 is 19.5 Å². The Labute approximate surface area is 169 Å². The highest BCUT2D eigenvalue weighted by molar-refractivity contribution is 5.95. The predicted octanol–water partition coefficient (Wildman–Crippen LogP) is 3.53. The summed E-state index contributed by atoms with van der Waals surface area (Å²) in [5.41, 5.74) is 0.537. The number of benzene rings is 1. The van der Waals surface area contributed by atoms with Crippen LogP contribution in [0, 0.1) is 5.82 Å². The first-order chi connectivity index (χ1) is 14.1. The maximum Gasteiger partial charge on any atom is 0.316 e. The van der Waals surface area contributed by atoms with E-state index < -0.39 is 5.82 Å². The second-order valence-electron chi connectivity index (χ2n) is 6.78. The minimum absolute atomic E-state index is 0.0383. The Morgan fingerprint density at radius 2 is 1.72 bits per heavy atom. The number of hydrogen-bond acceptors (Lipinski definition) is 6. The Hall–Kier alpha value is -2.90. The van der Waals surface area contributed by atoms with E-state index in [1.807, 2.05) is 13.8 Å². The van der Waals surface area contributed by atoms with Gasteiger partial charge in [-0.15, -0.1) is 0 Å². The van der Waals surface area contributed by atoms with Gasteiger partial charge in [0.1, 0.15) is 6.10 Å². The fraction of sp³-hybridized carbons (Fsp3) is 0.476. The fourth-order valence-electron chi connectivity index (χ4n) is 3.30. The lowest BCUT2D eigenvalue weighted by Crippen LogP contribution is -2.39. The Balaban J connectivity index is 1.52. The monoisotopic (exact) mass is 403 g/mol. The smallest absolute Gasteiger partial charge is 0.316 e. The van der Waals surface area contributed by atoms with Crippen LogP contribution in [0.1, 0.15) is 49.9 Å². The summed E-state index contributed by atoms with van der Waals surface area (Å²) in [4.78, 5) is 20.3. The molecule has 1 aliphatic rings. The van der Waals surface area contributed by atoms with E-state index in [4.69, 9.17) is 14.2 Å². The summed E-state index contributed by atoms with van der Waals surface area (Å²) in [6, 6.07) is 5.46. The van der Waals surface area contributed by atoms with Gasteiger partial charge in [0, 0.05) is 11.6 Å². The maximum absolute atomic E-state index is 12.9. The number of amides is 1. The van der Waals surface area contributed by atoms with Gasteiger partial charge in [0.2, 0.25) is 0 Å². The van der Waals surface area contributed by atoms with Crippen LogP contribution in [-0.4, -0.2) is 41.2 Å². The molecule has 8 heteroatoms. The van der Waals surface area contributed by atoms with Crippen molar-refractivity contribution in [1.29, 1.82) is 0 Å². The number of nitrogens with one attached hydrogen (secondary N) is 1. The molecule has 1 aromatic heterocycles. The first-order valence-electron chi connectivity index (χ1n) is 9.93. The number of carbonyl (C=O) groups excluding carboxylic acids is 1. The maximum atomic E-state index is 12.9. The summed E-state index contributed by atoms with van der Waals surface area (Å²) in [6.07, 6.45) is 5.23. The van der Waals surface area contributed by atoms with Crippen molar-refractivity contribution in [1.82, 2.24) is 15.3 Å². The molecule has 1 aliphatic carbocycles. The van der Waals surface area contributed by atoms with Gasteiger partial charge in [-0.2, -0.15) is 0 Å². The Bertz CT molecular complexity index is 808. The molecular formula is C21H26FN3O4. The topological polar surface area (TPSA) is 82.6 Å². The molecule has 0 saturated heterocycles. The SMILES string of the molecule is CCOc1ccc(C(=O)NC2CCC(Oc3ncc(F)cn3)CC2)cc1OCC. The molecule has 1 N–H and O–H groups in total. The third kappa shape index (κ3) is 5.79. The lowest BCUT2D eigenvalue weighted by molar-refractivity contribution is 0.0884. The van der Waals surface area contributed by atoms with Gasteiger partial charge in [-0.1, -0.05) is 0 Å². The first kappa shape index (κ1) is 20.8. The van der Waals surface area contributed by atoms with Crippen molar-refractivity contribution in [3.05, 3.63) is 42.0 Å². The summed E-state index contributed by atoms with van der Waals surface area (Å²) in [5, 5.41) is 3.08.